The standard InChI is InChI=1S/C22H24F3N3O4/c1-31-18-4-2-3-15(11-18)12-27-20(29)14-32-21(30)16-7-9-28(10-8-16)19-6-5-17(13-26-19)22(23,24)25/h2-6,11,13,16H,7-10,12,14H2,1H3,(H,27,29). The monoisotopic (exact) mass is 451 g/mol. The van der Waals surface area contributed by atoms with E-state index < -0.39 is 23.6 Å². The van der Waals surface area contributed by atoms with Crippen molar-refractivity contribution in [3.05, 3.63) is 53.7 Å². The van der Waals surface area contributed by atoms with Gasteiger partial charge in [0.05, 0.1) is 18.6 Å². The molecule has 7 nitrogen and oxygen atoms in total. The van der Waals surface area contributed by atoms with E-state index in [9.17, 15) is 22.8 Å². The summed E-state index contributed by atoms with van der Waals surface area (Å²) in [6.07, 6.45) is -2.69. The zero-order chi connectivity index (χ0) is 23.1. The van der Waals surface area contributed by atoms with Crippen molar-refractivity contribution in [3.63, 3.8) is 0 Å². The van der Waals surface area contributed by atoms with Crippen molar-refractivity contribution in [2.45, 2.75) is 25.6 Å². The van der Waals surface area contributed by atoms with Gasteiger partial charge in [0, 0.05) is 25.8 Å². The number of hydrogen-bond acceptors (Lipinski definition) is 6. The molecule has 172 valence electrons. The summed E-state index contributed by atoms with van der Waals surface area (Å²) in [7, 11) is 1.56. The van der Waals surface area contributed by atoms with Gasteiger partial charge in [0.1, 0.15) is 11.6 Å². The summed E-state index contributed by atoms with van der Waals surface area (Å²) in [5.41, 5.74) is 0.0534. The van der Waals surface area contributed by atoms with Crippen molar-refractivity contribution < 1.29 is 32.2 Å². The zero-order valence-corrected chi connectivity index (χ0v) is 17.5. The number of esters is 1. The number of ether oxygens (including phenoxy) is 2. The molecule has 0 unspecified atom stereocenters. The second-order valence-corrected chi connectivity index (χ2v) is 7.40. The number of carbonyl (C=O) groups excluding carboxylic acids is 2. The van der Waals surface area contributed by atoms with Crippen LogP contribution < -0.4 is 15.0 Å². The summed E-state index contributed by atoms with van der Waals surface area (Å²) in [5, 5.41) is 2.68. The molecule has 1 fully saturated rings. The number of halogens is 3. The first-order valence-corrected chi connectivity index (χ1v) is 10.1. The third-order valence-electron chi connectivity index (χ3n) is 5.20. The van der Waals surface area contributed by atoms with Gasteiger partial charge >= 0.3 is 12.1 Å². The summed E-state index contributed by atoms with van der Waals surface area (Å²) in [6, 6.07) is 9.57. The Morgan fingerprint density at radius 1 is 1.19 bits per heavy atom. The van der Waals surface area contributed by atoms with Crippen LogP contribution in [0.3, 0.4) is 0 Å². The van der Waals surface area contributed by atoms with E-state index >= 15 is 0 Å². The average molecular weight is 451 g/mol. The van der Waals surface area contributed by atoms with Gasteiger partial charge < -0.3 is 19.7 Å². The molecule has 0 bridgehead atoms. The lowest BCUT2D eigenvalue weighted by Crippen LogP contribution is -2.38. The van der Waals surface area contributed by atoms with Crippen LogP contribution in [-0.2, 0) is 27.0 Å². The predicted octanol–water partition coefficient (Wildman–Crippen LogP) is 3.19. The van der Waals surface area contributed by atoms with E-state index in [0.717, 1.165) is 17.8 Å². The minimum absolute atomic E-state index is 0.284. The summed E-state index contributed by atoms with van der Waals surface area (Å²) in [4.78, 5) is 30.0. The van der Waals surface area contributed by atoms with Crippen LogP contribution in [0.2, 0.25) is 0 Å². The molecule has 0 saturated carbocycles. The fourth-order valence-electron chi connectivity index (χ4n) is 3.37. The summed E-state index contributed by atoms with van der Waals surface area (Å²) >= 11 is 0. The van der Waals surface area contributed by atoms with Crippen molar-refractivity contribution in [2.75, 3.05) is 31.7 Å². The molecule has 0 atom stereocenters. The minimum Gasteiger partial charge on any atom is -0.497 e. The van der Waals surface area contributed by atoms with Crippen LogP contribution in [0.15, 0.2) is 42.6 Å². The number of nitrogens with one attached hydrogen (secondary N) is 1. The Morgan fingerprint density at radius 3 is 2.56 bits per heavy atom. The number of benzene rings is 1. The van der Waals surface area contributed by atoms with Crippen molar-refractivity contribution >= 4 is 17.7 Å². The van der Waals surface area contributed by atoms with E-state index in [1.807, 2.05) is 17.0 Å². The molecule has 1 amide bonds. The van der Waals surface area contributed by atoms with Gasteiger partial charge in [-0.15, -0.1) is 0 Å². The Kier molecular flexibility index (Phi) is 7.55. The van der Waals surface area contributed by atoms with Crippen LogP contribution in [0, 0.1) is 5.92 Å². The van der Waals surface area contributed by atoms with Gasteiger partial charge in [0.2, 0.25) is 0 Å². The fourth-order valence-corrected chi connectivity index (χ4v) is 3.37. The van der Waals surface area contributed by atoms with Gasteiger partial charge in [-0.2, -0.15) is 13.2 Å². The van der Waals surface area contributed by atoms with Crippen LogP contribution in [0.1, 0.15) is 24.0 Å². The zero-order valence-electron chi connectivity index (χ0n) is 17.5. The van der Waals surface area contributed by atoms with Crippen molar-refractivity contribution in [1.82, 2.24) is 10.3 Å². The number of hydrogen-bond donors (Lipinski definition) is 1. The largest absolute Gasteiger partial charge is 0.497 e. The highest BCUT2D eigenvalue weighted by Gasteiger charge is 2.31. The number of aromatic nitrogens is 1. The second kappa shape index (κ2) is 10.3. The molecular formula is C22H24F3N3O4. The molecule has 0 spiro atoms. The molecule has 2 heterocycles. The van der Waals surface area contributed by atoms with Crippen LogP contribution in [-0.4, -0.2) is 43.7 Å². The van der Waals surface area contributed by atoms with Crippen LogP contribution in [0.4, 0.5) is 19.0 Å². The molecule has 1 aromatic heterocycles. The minimum atomic E-state index is -4.43. The fraction of sp³-hybridized carbons (Fsp3) is 0.409. The number of carbonyl (C=O) groups is 2. The molecule has 1 aliphatic heterocycles. The first-order chi connectivity index (χ1) is 15.3. The lowest BCUT2D eigenvalue weighted by atomic mass is 9.97. The third kappa shape index (κ3) is 6.35. The number of rotatable bonds is 7. The summed E-state index contributed by atoms with van der Waals surface area (Å²) < 4.78 is 48.2. The van der Waals surface area contributed by atoms with Gasteiger partial charge in [-0.25, -0.2) is 4.98 Å². The first-order valence-electron chi connectivity index (χ1n) is 10.1. The highest BCUT2D eigenvalue weighted by molar-refractivity contribution is 5.81. The van der Waals surface area contributed by atoms with Gasteiger partial charge in [-0.3, -0.25) is 9.59 Å². The van der Waals surface area contributed by atoms with Gasteiger partial charge in [0.25, 0.3) is 5.91 Å². The number of amides is 1. The maximum Gasteiger partial charge on any atom is 0.417 e. The van der Waals surface area contributed by atoms with E-state index in [2.05, 4.69) is 10.3 Å². The molecule has 1 aliphatic rings. The Balaban J connectivity index is 1.40. The molecule has 32 heavy (non-hydrogen) atoms. The molecule has 3 rings (SSSR count). The smallest absolute Gasteiger partial charge is 0.417 e. The Hall–Kier alpha value is -3.30. The van der Waals surface area contributed by atoms with E-state index in [-0.39, 0.29) is 19.1 Å². The maximum absolute atomic E-state index is 12.7. The Bertz CT molecular complexity index is 927. The number of methoxy groups -OCH3 is 1. The maximum atomic E-state index is 12.7. The predicted molar refractivity (Wildman–Crippen MR) is 110 cm³/mol. The van der Waals surface area contributed by atoms with E-state index in [1.165, 1.54) is 6.07 Å². The number of nitrogens with zero attached hydrogens (tertiary/aromatic N) is 2. The number of pyridine rings is 1. The van der Waals surface area contributed by atoms with E-state index in [1.54, 1.807) is 19.2 Å². The molecule has 0 aliphatic carbocycles. The van der Waals surface area contributed by atoms with Gasteiger partial charge in [0.15, 0.2) is 6.61 Å². The molecule has 10 heteroatoms. The lowest BCUT2D eigenvalue weighted by Gasteiger charge is -2.31. The Morgan fingerprint density at radius 2 is 1.94 bits per heavy atom. The Labute approximate surface area is 183 Å². The van der Waals surface area contributed by atoms with Crippen molar-refractivity contribution in [3.8, 4) is 5.75 Å². The quantitative estimate of drug-likeness (QED) is 0.652. The second-order valence-electron chi connectivity index (χ2n) is 7.40. The lowest BCUT2D eigenvalue weighted by molar-refractivity contribution is -0.153. The summed E-state index contributed by atoms with van der Waals surface area (Å²) in [5.74, 6) is -0.122. The molecule has 1 saturated heterocycles. The molecule has 0 radical (unpaired) electrons. The van der Waals surface area contributed by atoms with E-state index in [0.29, 0.717) is 37.5 Å². The van der Waals surface area contributed by atoms with Crippen LogP contribution >= 0.6 is 0 Å². The molecule has 1 N–H and O–H groups in total. The number of anilines is 1. The van der Waals surface area contributed by atoms with Gasteiger partial charge in [-0.05, 0) is 42.7 Å². The number of alkyl halides is 3. The van der Waals surface area contributed by atoms with Crippen LogP contribution in [0.5, 0.6) is 5.75 Å². The topological polar surface area (TPSA) is 80.8 Å². The average Bonchev–Trinajstić information content (AvgIpc) is 2.81. The highest BCUT2D eigenvalue weighted by atomic mass is 19.4. The van der Waals surface area contributed by atoms with Crippen LogP contribution in [0.25, 0.3) is 0 Å². The van der Waals surface area contributed by atoms with Gasteiger partial charge in [-0.1, -0.05) is 12.1 Å². The third-order valence-corrected chi connectivity index (χ3v) is 5.20. The molecular weight excluding hydrogens is 427 g/mol. The van der Waals surface area contributed by atoms with Crippen molar-refractivity contribution in [1.29, 1.82) is 0 Å². The van der Waals surface area contributed by atoms with Crippen molar-refractivity contribution in [2.24, 2.45) is 5.92 Å². The molecule has 1 aromatic carbocycles. The summed E-state index contributed by atoms with van der Waals surface area (Å²) in [6.45, 7) is 0.829. The number of piperidine rings is 1. The SMILES string of the molecule is COc1cccc(CNC(=O)COC(=O)C2CCN(c3ccc(C(F)(F)F)cn3)CC2)c1. The normalized spacial score (nSPS) is 14.7. The molecule has 2 aromatic rings. The first kappa shape index (κ1) is 23.4. The highest BCUT2D eigenvalue weighted by Crippen LogP contribution is 2.30. The van der Waals surface area contributed by atoms with E-state index in [4.69, 9.17) is 9.47 Å².